The predicted octanol–water partition coefficient (Wildman–Crippen LogP) is 2.39. The lowest BCUT2D eigenvalue weighted by Crippen LogP contribution is -2.55. The second kappa shape index (κ2) is 3.80. The maximum absolute atomic E-state index is 4.53. The molecule has 0 N–H and O–H groups in total. The van der Waals surface area contributed by atoms with Crippen LogP contribution in [0.3, 0.4) is 0 Å². The summed E-state index contributed by atoms with van der Waals surface area (Å²) in [5.74, 6) is 0.358. The third-order valence-corrected chi connectivity index (χ3v) is 4.15. The molecular weight excluding hydrogens is 222 g/mol. The van der Waals surface area contributed by atoms with Gasteiger partial charge in [0, 0.05) is 24.2 Å². The summed E-state index contributed by atoms with van der Waals surface area (Å²) >= 11 is 0. The number of pyridine rings is 1. The van der Waals surface area contributed by atoms with Crippen LogP contribution in [0.1, 0.15) is 13.8 Å². The van der Waals surface area contributed by atoms with E-state index in [0.717, 1.165) is 6.54 Å². The van der Waals surface area contributed by atoms with Crippen LogP contribution in [-0.4, -0.2) is 9.78 Å². The Morgan fingerprint density at radius 2 is 2.33 bits per heavy atom. The van der Waals surface area contributed by atoms with Crippen LogP contribution >= 0.6 is 0 Å². The molecule has 92 valence electrons. The Morgan fingerprint density at radius 1 is 1.50 bits per heavy atom. The van der Waals surface area contributed by atoms with Crippen LogP contribution in [0.2, 0.25) is 0 Å². The number of nitrogens with zero attached hydrogens (tertiary/aromatic N) is 3. The molecule has 0 bridgehead atoms. The Hall–Kier alpha value is -1.90. The van der Waals surface area contributed by atoms with Gasteiger partial charge in [-0.05, 0) is 19.1 Å². The second-order valence-electron chi connectivity index (χ2n) is 5.22. The van der Waals surface area contributed by atoms with Crippen molar-refractivity contribution in [2.45, 2.75) is 25.9 Å². The topological polar surface area (TPSA) is 21.7 Å². The van der Waals surface area contributed by atoms with Crippen LogP contribution < -0.4 is 4.57 Å². The zero-order valence-electron chi connectivity index (χ0n) is 10.9. The van der Waals surface area contributed by atoms with Crippen LogP contribution in [0, 0.1) is 5.92 Å². The lowest BCUT2D eigenvalue weighted by atomic mass is 9.85. The van der Waals surface area contributed by atoms with Crippen LogP contribution in [0.25, 0.3) is 11.4 Å². The van der Waals surface area contributed by atoms with Crippen LogP contribution in [0.15, 0.2) is 49.3 Å². The minimum atomic E-state index is -0.0559. The molecule has 0 fully saturated rings. The van der Waals surface area contributed by atoms with Gasteiger partial charge in [-0.2, -0.15) is 9.67 Å². The van der Waals surface area contributed by atoms with Crippen molar-refractivity contribution in [3.05, 3.63) is 49.3 Å². The number of fused-ring (bicyclic) bond motifs is 3. The fourth-order valence-corrected chi connectivity index (χ4v) is 2.75. The smallest absolute Gasteiger partial charge is 0.230 e. The average Bonchev–Trinajstić information content (AvgIpc) is 2.88. The molecular formula is C15H18N3+. The Kier molecular flexibility index (Phi) is 2.37. The van der Waals surface area contributed by atoms with E-state index in [1.807, 2.05) is 12.3 Å². The van der Waals surface area contributed by atoms with Crippen molar-refractivity contribution < 1.29 is 4.57 Å². The van der Waals surface area contributed by atoms with Gasteiger partial charge in [-0.1, -0.05) is 13.0 Å². The fraction of sp³-hybridized carbons (Fsp3) is 0.333. The zero-order valence-corrected chi connectivity index (χ0v) is 10.9. The summed E-state index contributed by atoms with van der Waals surface area (Å²) < 4.78 is 4.45. The van der Waals surface area contributed by atoms with E-state index in [0.29, 0.717) is 5.92 Å². The SMILES string of the molecule is C=CC(C)C1(C)C[n+]2ccccc2-c2ccnn21. The van der Waals surface area contributed by atoms with Crippen molar-refractivity contribution in [2.24, 2.45) is 5.92 Å². The summed E-state index contributed by atoms with van der Waals surface area (Å²) in [4.78, 5) is 0. The Morgan fingerprint density at radius 3 is 3.11 bits per heavy atom. The highest BCUT2D eigenvalue weighted by Crippen LogP contribution is 2.34. The van der Waals surface area contributed by atoms with Crippen LogP contribution in [0.4, 0.5) is 0 Å². The molecule has 0 aromatic carbocycles. The maximum Gasteiger partial charge on any atom is 0.230 e. The Bertz CT molecular complexity index is 599. The highest BCUT2D eigenvalue weighted by Gasteiger charge is 2.43. The van der Waals surface area contributed by atoms with Crippen molar-refractivity contribution >= 4 is 0 Å². The third-order valence-electron chi connectivity index (χ3n) is 4.15. The minimum Gasteiger partial charge on any atom is -0.246 e. The molecule has 2 unspecified atom stereocenters. The molecule has 18 heavy (non-hydrogen) atoms. The normalized spacial score (nSPS) is 23.0. The molecule has 0 aliphatic carbocycles. The summed E-state index contributed by atoms with van der Waals surface area (Å²) in [7, 11) is 0. The first-order valence-electron chi connectivity index (χ1n) is 6.33. The standard InChI is InChI=1S/C15H18N3/c1-4-12(2)15(3)11-17-10-6-5-7-13(17)14-8-9-16-18(14)15/h4-10,12H,1,11H2,2-3H3/q+1. The van der Waals surface area contributed by atoms with Gasteiger partial charge in [-0.15, -0.1) is 6.58 Å². The molecule has 0 saturated heterocycles. The van der Waals surface area contributed by atoms with Gasteiger partial charge in [-0.3, -0.25) is 0 Å². The Labute approximate surface area is 107 Å². The first-order valence-corrected chi connectivity index (χ1v) is 6.33. The molecule has 0 amide bonds. The van der Waals surface area contributed by atoms with Gasteiger partial charge in [0.15, 0.2) is 12.7 Å². The van der Waals surface area contributed by atoms with Gasteiger partial charge < -0.3 is 0 Å². The molecule has 3 heteroatoms. The zero-order chi connectivity index (χ0) is 12.8. The number of aromatic nitrogens is 3. The van der Waals surface area contributed by atoms with Gasteiger partial charge >= 0.3 is 0 Å². The summed E-state index contributed by atoms with van der Waals surface area (Å²) in [6.07, 6.45) is 6.03. The highest BCUT2D eigenvalue weighted by atomic mass is 15.4. The molecule has 3 rings (SSSR count). The van der Waals surface area contributed by atoms with Crippen molar-refractivity contribution in [1.29, 1.82) is 0 Å². The molecule has 0 saturated carbocycles. The van der Waals surface area contributed by atoms with Gasteiger partial charge in [0.2, 0.25) is 5.69 Å². The van der Waals surface area contributed by atoms with Crippen molar-refractivity contribution in [3.8, 4) is 11.4 Å². The molecule has 1 aliphatic rings. The number of hydrogen-bond acceptors (Lipinski definition) is 1. The minimum absolute atomic E-state index is 0.0559. The van der Waals surface area contributed by atoms with E-state index in [2.05, 4.69) is 65.2 Å². The number of hydrogen-bond donors (Lipinski definition) is 0. The van der Waals surface area contributed by atoms with Crippen molar-refractivity contribution in [2.75, 3.05) is 0 Å². The van der Waals surface area contributed by atoms with Crippen molar-refractivity contribution in [1.82, 2.24) is 9.78 Å². The first kappa shape index (κ1) is 11.2. The number of allylic oxidation sites excluding steroid dienone is 1. The summed E-state index contributed by atoms with van der Waals surface area (Å²) in [5.41, 5.74) is 2.35. The molecule has 3 nitrogen and oxygen atoms in total. The lowest BCUT2D eigenvalue weighted by molar-refractivity contribution is -0.702. The molecule has 0 radical (unpaired) electrons. The van der Waals surface area contributed by atoms with Gasteiger partial charge in [0.25, 0.3) is 0 Å². The largest absolute Gasteiger partial charge is 0.246 e. The Balaban J connectivity index is 2.24. The summed E-state index contributed by atoms with van der Waals surface area (Å²) in [5, 5.41) is 4.53. The first-order chi connectivity index (χ1) is 8.66. The van der Waals surface area contributed by atoms with E-state index in [-0.39, 0.29) is 5.54 Å². The molecule has 0 spiro atoms. The second-order valence-corrected chi connectivity index (χ2v) is 5.22. The monoisotopic (exact) mass is 240 g/mol. The lowest BCUT2D eigenvalue weighted by Gasteiger charge is -2.35. The average molecular weight is 240 g/mol. The van der Waals surface area contributed by atoms with E-state index in [4.69, 9.17) is 0 Å². The van der Waals surface area contributed by atoms with Gasteiger partial charge in [-0.25, -0.2) is 4.68 Å². The van der Waals surface area contributed by atoms with Gasteiger partial charge in [0.05, 0.1) is 0 Å². The molecule has 1 aliphatic heterocycles. The fourth-order valence-electron chi connectivity index (χ4n) is 2.75. The molecule has 2 aromatic rings. The molecule has 3 heterocycles. The van der Waals surface area contributed by atoms with E-state index in [1.54, 1.807) is 0 Å². The van der Waals surface area contributed by atoms with E-state index in [9.17, 15) is 0 Å². The number of rotatable bonds is 2. The summed E-state index contributed by atoms with van der Waals surface area (Å²) in [6.45, 7) is 9.32. The van der Waals surface area contributed by atoms with Gasteiger partial charge in [0.1, 0.15) is 11.2 Å². The van der Waals surface area contributed by atoms with E-state index < -0.39 is 0 Å². The summed E-state index contributed by atoms with van der Waals surface area (Å²) in [6, 6.07) is 8.38. The van der Waals surface area contributed by atoms with Crippen LogP contribution in [-0.2, 0) is 12.1 Å². The molecule has 2 aromatic heterocycles. The van der Waals surface area contributed by atoms with E-state index in [1.165, 1.54) is 11.4 Å². The maximum atomic E-state index is 4.53. The quantitative estimate of drug-likeness (QED) is 0.583. The predicted molar refractivity (Wildman–Crippen MR) is 70.9 cm³/mol. The van der Waals surface area contributed by atoms with Crippen molar-refractivity contribution in [3.63, 3.8) is 0 Å². The molecule has 2 atom stereocenters. The third kappa shape index (κ3) is 1.37. The highest BCUT2D eigenvalue weighted by molar-refractivity contribution is 5.51. The van der Waals surface area contributed by atoms with E-state index >= 15 is 0 Å². The van der Waals surface area contributed by atoms with Crippen LogP contribution in [0.5, 0.6) is 0 Å².